The van der Waals surface area contributed by atoms with Crippen LogP contribution < -0.4 is 15.0 Å². The fourth-order valence-electron chi connectivity index (χ4n) is 3.45. The average Bonchev–Trinajstić information content (AvgIpc) is 3.22. The maximum Gasteiger partial charge on any atom is 0.242 e. The number of fused-ring (bicyclic) bond motifs is 1. The molecular formula is C22H28N6O3. The zero-order chi connectivity index (χ0) is 21.5. The van der Waals surface area contributed by atoms with Crippen LogP contribution >= 0.6 is 0 Å². The summed E-state index contributed by atoms with van der Waals surface area (Å²) >= 11 is 0. The van der Waals surface area contributed by atoms with Gasteiger partial charge in [-0.2, -0.15) is 5.10 Å². The van der Waals surface area contributed by atoms with E-state index in [9.17, 15) is 4.79 Å². The number of hydrogen-bond donors (Lipinski definition) is 1. The first-order valence-electron chi connectivity index (χ1n) is 10.7. The highest BCUT2D eigenvalue weighted by Crippen LogP contribution is 2.23. The Kier molecular flexibility index (Phi) is 6.93. The summed E-state index contributed by atoms with van der Waals surface area (Å²) in [6.07, 6.45) is 5.40. The third kappa shape index (κ3) is 5.29. The monoisotopic (exact) mass is 424 g/mol. The topological polar surface area (TPSA) is 94.4 Å². The van der Waals surface area contributed by atoms with Crippen LogP contribution in [0.4, 0.5) is 5.82 Å². The van der Waals surface area contributed by atoms with Gasteiger partial charge >= 0.3 is 0 Å². The quantitative estimate of drug-likeness (QED) is 0.526. The summed E-state index contributed by atoms with van der Waals surface area (Å²) in [5, 5.41) is 8.16. The molecule has 0 radical (unpaired) electrons. The van der Waals surface area contributed by atoms with E-state index in [1.807, 2.05) is 24.3 Å². The van der Waals surface area contributed by atoms with Crippen LogP contribution in [0.3, 0.4) is 0 Å². The molecule has 1 aliphatic rings. The SMILES string of the molecule is CCCCOc1ccc(CNC(=O)Cn2ncc3c(N4CCOCC4)ncnc32)cc1. The molecule has 0 atom stereocenters. The van der Waals surface area contributed by atoms with Crippen LogP contribution in [0.2, 0.25) is 0 Å². The summed E-state index contributed by atoms with van der Waals surface area (Å²) in [7, 11) is 0. The van der Waals surface area contributed by atoms with Gasteiger partial charge in [0.05, 0.1) is 31.4 Å². The molecule has 2 aromatic heterocycles. The first kappa shape index (κ1) is 21.0. The molecule has 1 aliphatic heterocycles. The highest BCUT2D eigenvalue weighted by atomic mass is 16.5. The molecule has 3 aromatic rings. The van der Waals surface area contributed by atoms with Crippen molar-refractivity contribution in [1.82, 2.24) is 25.1 Å². The third-order valence-electron chi connectivity index (χ3n) is 5.20. The summed E-state index contributed by atoms with van der Waals surface area (Å²) in [5.74, 6) is 1.56. The minimum absolute atomic E-state index is 0.0985. The number of morpholine rings is 1. The maximum absolute atomic E-state index is 12.5. The van der Waals surface area contributed by atoms with Crippen LogP contribution in [0.1, 0.15) is 25.3 Å². The third-order valence-corrected chi connectivity index (χ3v) is 5.20. The summed E-state index contributed by atoms with van der Waals surface area (Å²) in [4.78, 5) is 23.4. The normalized spacial score (nSPS) is 14.0. The molecule has 0 aliphatic carbocycles. The molecule has 0 bridgehead atoms. The van der Waals surface area contributed by atoms with Gasteiger partial charge in [-0.15, -0.1) is 0 Å². The minimum atomic E-state index is -0.125. The molecule has 0 spiro atoms. The van der Waals surface area contributed by atoms with E-state index in [2.05, 4.69) is 32.2 Å². The van der Waals surface area contributed by atoms with Gasteiger partial charge in [0.1, 0.15) is 24.4 Å². The Bertz CT molecular complexity index is 998. The second-order valence-corrected chi connectivity index (χ2v) is 7.46. The van der Waals surface area contributed by atoms with Crippen molar-refractivity contribution in [2.24, 2.45) is 0 Å². The lowest BCUT2D eigenvalue weighted by Crippen LogP contribution is -2.36. The van der Waals surface area contributed by atoms with E-state index in [1.54, 1.807) is 10.9 Å². The van der Waals surface area contributed by atoms with Gasteiger partial charge in [-0.1, -0.05) is 25.5 Å². The number of rotatable bonds is 9. The van der Waals surface area contributed by atoms with Crippen molar-refractivity contribution in [2.75, 3.05) is 37.8 Å². The number of hydrogen-bond acceptors (Lipinski definition) is 7. The van der Waals surface area contributed by atoms with E-state index in [0.717, 1.165) is 55.1 Å². The molecule has 9 nitrogen and oxygen atoms in total. The molecule has 1 aromatic carbocycles. The Balaban J connectivity index is 1.34. The van der Waals surface area contributed by atoms with Gasteiger partial charge in [0.2, 0.25) is 5.91 Å². The smallest absolute Gasteiger partial charge is 0.242 e. The van der Waals surface area contributed by atoms with E-state index in [0.29, 0.717) is 25.4 Å². The van der Waals surface area contributed by atoms with Crippen molar-refractivity contribution < 1.29 is 14.3 Å². The van der Waals surface area contributed by atoms with E-state index in [4.69, 9.17) is 9.47 Å². The van der Waals surface area contributed by atoms with E-state index in [-0.39, 0.29) is 12.5 Å². The molecule has 164 valence electrons. The van der Waals surface area contributed by atoms with Crippen LogP contribution in [-0.2, 0) is 22.6 Å². The molecule has 4 rings (SSSR count). The fraction of sp³-hybridized carbons (Fsp3) is 0.455. The lowest BCUT2D eigenvalue weighted by molar-refractivity contribution is -0.121. The van der Waals surface area contributed by atoms with Crippen molar-refractivity contribution in [2.45, 2.75) is 32.9 Å². The van der Waals surface area contributed by atoms with Gasteiger partial charge in [-0.3, -0.25) is 4.79 Å². The number of nitrogens with one attached hydrogen (secondary N) is 1. The molecule has 3 heterocycles. The summed E-state index contributed by atoms with van der Waals surface area (Å²) < 4.78 is 12.7. The Morgan fingerprint density at radius 1 is 1.19 bits per heavy atom. The van der Waals surface area contributed by atoms with Crippen molar-refractivity contribution in [3.05, 3.63) is 42.4 Å². The van der Waals surface area contributed by atoms with Crippen LogP contribution in [-0.4, -0.2) is 58.6 Å². The largest absolute Gasteiger partial charge is 0.494 e. The number of ether oxygens (including phenoxy) is 2. The maximum atomic E-state index is 12.5. The van der Waals surface area contributed by atoms with Crippen LogP contribution in [0.15, 0.2) is 36.8 Å². The van der Waals surface area contributed by atoms with Gasteiger partial charge in [0.25, 0.3) is 0 Å². The summed E-state index contributed by atoms with van der Waals surface area (Å²) in [6.45, 7) is 6.31. The highest BCUT2D eigenvalue weighted by Gasteiger charge is 2.18. The van der Waals surface area contributed by atoms with Crippen LogP contribution in [0.5, 0.6) is 5.75 Å². The number of unbranched alkanes of at least 4 members (excludes halogenated alkanes) is 1. The summed E-state index contributed by atoms with van der Waals surface area (Å²) in [5.41, 5.74) is 1.67. The summed E-state index contributed by atoms with van der Waals surface area (Å²) in [6, 6.07) is 7.80. The number of benzene rings is 1. The first-order chi connectivity index (χ1) is 15.2. The zero-order valence-corrected chi connectivity index (χ0v) is 17.8. The predicted octanol–water partition coefficient (Wildman–Crippen LogP) is 2.16. The molecular weight excluding hydrogens is 396 g/mol. The molecule has 1 N–H and O–H groups in total. The van der Waals surface area contributed by atoms with Crippen molar-refractivity contribution >= 4 is 22.8 Å². The Labute approximate surface area is 181 Å². The molecule has 1 amide bonds. The lowest BCUT2D eigenvalue weighted by atomic mass is 10.2. The Hall–Kier alpha value is -3.20. The van der Waals surface area contributed by atoms with E-state index in [1.165, 1.54) is 6.33 Å². The van der Waals surface area contributed by atoms with Crippen LogP contribution in [0.25, 0.3) is 11.0 Å². The zero-order valence-electron chi connectivity index (χ0n) is 17.8. The number of carbonyl (C=O) groups excluding carboxylic acids is 1. The highest BCUT2D eigenvalue weighted by molar-refractivity contribution is 5.87. The standard InChI is InChI=1S/C22H28N6O3/c1-2-3-10-31-18-6-4-17(5-7-18)13-23-20(29)15-28-22-19(14-26-28)21(24-16-25-22)27-8-11-30-12-9-27/h4-7,14,16H,2-3,8-13,15H2,1H3,(H,23,29). The second kappa shape index (κ2) is 10.2. The van der Waals surface area contributed by atoms with Gasteiger partial charge in [0, 0.05) is 19.6 Å². The van der Waals surface area contributed by atoms with Crippen molar-refractivity contribution in [3.63, 3.8) is 0 Å². The number of anilines is 1. The van der Waals surface area contributed by atoms with Gasteiger partial charge in [-0.05, 0) is 24.1 Å². The Morgan fingerprint density at radius 3 is 2.77 bits per heavy atom. The molecule has 1 saturated heterocycles. The van der Waals surface area contributed by atoms with Crippen molar-refractivity contribution in [1.29, 1.82) is 0 Å². The first-order valence-corrected chi connectivity index (χ1v) is 10.7. The van der Waals surface area contributed by atoms with E-state index >= 15 is 0 Å². The van der Waals surface area contributed by atoms with Gasteiger partial charge < -0.3 is 19.7 Å². The Morgan fingerprint density at radius 2 is 2.00 bits per heavy atom. The molecule has 9 heteroatoms. The second-order valence-electron chi connectivity index (χ2n) is 7.46. The molecule has 31 heavy (non-hydrogen) atoms. The number of carbonyl (C=O) groups is 1. The molecule has 0 saturated carbocycles. The lowest BCUT2D eigenvalue weighted by Gasteiger charge is -2.27. The predicted molar refractivity (Wildman–Crippen MR) is 117 cm³/mol. The minimum Gasteiger partial charge on any atom is -0.494 e. The molecule has 1 fully saturated rings. The van der Waals surface area contributed by atoms with Gasteiger partial charge in [-0.25, -0.2) is 14.6 Å². The number of nitrogens with zero attached hydrogens (tertiary/aromatic N) is 5. The molecule has 0 unspecified atom stereocenters. The van der Waals surface area contributed by atoms with E-state index < -0.39 is 0 Å². The van der Waals surface area contributed by atoms with Gasteiger partial charge in [0.15, 0.2) is 5.65 Å². The van der Waals surface area contributed by atoms with Crippen molar-refractivity contribution in [3.8, 4) is 5.75 Å². The number of aromatic nitrogens is 4. The number of amides is 1. The fourth-order valence-corrected chi connectivity index (χ4v) is 3.45. The van der Waals surface area contributed by atoms with Crippen LogP contribution in [0, 0.1) is 0 Å². The average molecular weight is 425 g/mol.